The predicted octanol–water partition coefficient (Wildman–Crippen LogP) is 2.24. The molecule has 27 heavy (non-hydrogen) atoms. The minimum absolute atomic E-state index is 0.0701. The van der Waals surface area contributed by atoms with Gasteiger partial charge in [-0.15, -0.1) is 0 Å². The van der Waals surface area contributed by atoms with E-state index in [2.05, 4.69) is 0 Å². The molecule has 0 aromatic heterocycles. The summed E-state index contributed by atoms with van der Waals surface area (Å²) in [5.41, 5.74) is 6.39. The van der Waals surface area contributed by atoms with Crippen LogP contribution < -0.4 is 5.73 Å². The van der Waals surface area contributed by atoms with Crippen LogP contribution in [-0.4, -0.2) is 46.8 Å². The Morgan fingerprint density at radius 1 is 1.19 bits per heavy atom. The van der Waals surface area contributed by atoms with Crippen molar-refractivity contribution in [2.24, 2.45) is 5.73 Å². The lowest BCUT2D eigenvalue weighted by Gasteiger charge is -2.27. The molecule has 6 heteroatoms. The quantitative estimate of drug-likeness (QED) is 0.739. The highest BCUT2D eigenvalue weighted by atomic mass is 16.6. The van der Waals surface area contributed by atoms with Crippen LogP contribution in [0.2, 0.25) is 0 Å². The van der Waals surface area contributed by atoms with Crippen molar-refractivity contribution < 1.29 is 19.1 Å². The first-order chi connectivity index (χ1) is 12.7. The van der Waals surface area contributed by atoms with Gasteiger partial charge >= 0.3 is 5.97 Å². The third-order valence-electron chi connectivity index (χ3n) is 4.55. The number of amides is 1. The van der Waals surface area contributed by atoms with Crippen LogP contribution in [0.15, 0.2) is 30.3 Å². The van der Waals surface area contributed by atoms with E-state index in [1.165, 1.54) is 0 Å². The fourth-order valence-corrected chi connectivity index (χ4v) is 3.22. The molecule has 0 saturated carbocycles. The van der Waals surface area contributed by atoms with E-state index in [-0.39, 0.29) is 30.5 Å². The van der Waals surface area contributed by atoms with Crippen molar-refractivity contribution in [3.05, 3.63) is 35.9 Å². The van der Waals surface area contributed by atoms with Crippen LogP contribution in [-0.2, 0) is 25.5 Å². The van der Waals surface area contributed by atoms with Crippen molar-refractivity contribution >= 4 is 17.7 Å². The predicted molar refractivity (Wildman–Crippen MR) is 103 cm³/mol. The van der Waals surface area contributed by atoms with E-state index in [9.17, 15) is 14.4 Å². The number of benzene rings is 1. The molecule has 2 atom stereocenters. The van der Waals surface area contributed by atoms with Gasteiger partial charge in [-0.05, 0) is 45.6 Å². The van der Waals surface area contributed by atoms with E-state index in [1.54, 1.807) is 25.7 Å². The molecule has 0 bridgehead atoms. The van der Waals surface area contributed by atoms with Crippen LogP contribution in [0.4, 0.5) is 0 Å². The molecule has 0 spiro atoms. The highest BCUT2D eigenvalue weighted by molar-refractivity contribution is 5.90. The molecule has 1 aromatic rings. The van der Waals surface area contributed by atoms with Crippen molar-refractivity contribution in [2.45, 2.75) is 70.6 Å². The van der Waals surface area contributed by atoms with Crippen LogP contribution >= 0.6 is 0 Å². The van der Waals surface area contributed by atoms with E-state index in [0.29, 0.717) is 19.4 Å². The molecule has 1 fully saturated rings. The molecule has 1 aliphatic rings. The van der Waals surface area contributed by atoms with Gasteiger partial charge in [0, 0.05) is 19.4 Å². The van der Waals surface area contributed by atoms with Crippen molar-refractivity contribution in [3.8, 4) is 0 Å². The molecule has 1 aliphatic heterocycles. The number of carbonyl (C=O) groups is 3. The number of Topliss-reactive ketones (excluding diaryl/α,β-unsaturated/α-hetero) is 1. The Morgan fingerprint density at radius 2 is 1.85 bits per heavy atom. The second kappa shape index (κ2) is 9.13. The first-order valence-corrected chi connectivity index (χ1v) is 9.52. The highest BCUT2D eigenvalue weighted by Gasteiger charge is 2.36. The minimum Gasteiger partial charge on any atom is -0.458 e. The number of likely N-dealkylation sites (tertiary alicyclic amines) is 1. The van der Waals surface area contributed by atoms with E-state index in [0.717, 1.165) is 12.0 Å². The molecule has 1 saturated heterocycles. The summed E-state index contributed by atoms with van der Waals surface area (Å²) >= 11 is 0. The lowest BCUT2D eigenvalue weighted by atomic mass is 10.0. The molecule has 2 rings (SSSR count). The Morgan fingerprint density at radius 3 is 2.48 bits per heavy atom. The molecule has 1 aromatic carbocycles. The van der Waals surface area contributed by atoms with Gasteiger partial charge in [-0.3, -0.25) is 9.59 Å². The standard InChI is InChI=1S/C21H30N2O4/c1-21(2,3)27-20(26)17-10-7-13-23(17)19(25)12-11-18(24)16(22)14-15-8-5-4-6-9-15/h4-6,8-9,16-17H,7,10-14,22H2,1-3H3/t16?,17-/m0/s1. The largest absolute Gasteiger partial charge is 0.458 e. The number of carbonyl (C=O) groups excluding carboxylic acids is 3. The first kappa shape index (κ1) is 21.1. The molecule has 1 heterocycles. The van der Waals surface area contributed by atoms with E-state index in [1.807, 2.05) is 30.3 Å². The summed E-state index contributed by atoms with van der Waals surface area (Å²) in [6.45, 7) is 5.93. The number of ketones is 1. The monoisotopic (exact) mass is 374 g/mol. The number of nitrogens with two attached hydrogens (primary N) is 1. The van der Waals surface area contributed by atoms with Gasteiger partial charge in [-0.2, -0.15) is 0 Å². The average Bonchev–Trinajstić information content (AvgIpc) is 3.08. The smallest absolute Gasteiger partial charge is 0.329 e. The van der Waals surface area contributed by atoms with Gasteiger partial charge in [0.05, 0.1) is 6.04 Å². The van der Waals surface area contributed by atoms with Crippen LogP contribution in [0.25, 0.3) is 0 Å². The van der Waals surface area contributed by atoms with Crippen molar-refractivity contribution in [2.75, 3.05) is 6.54 Å². The van der Waals surface area contributed by atoms with Crippen LogP contribution in [0, 0.1) is 0 Å². The Bertz CT molecular complexity index is 667. The normalized spacial score (nSPS) is 18.2. The van der Waals surface area contributed by atoms with Gasteiger partial charge in [-0.1, -0.05) is 30.3 Å². The number of rotatable bonds is 7. The maximum absolute atomic E-state index is 12.5. The summed E-state index contributed by atoms with van der Waals surface area (Å²) in [6.07, 6.45) is 1.97. The SMILES string of the molecule is CC(C)(C)OC(=O)[C@@H]1CCCN1C(=O)CCC(=O)C(N)Cc1ccccc1. The molecule has 2 N–H and O–H groups in total. The van der Waals surface area contributed by atoms with E-state index < -0.39 is 17.7 Å². The summed E-state index contributed by atoms with van der Waals surface area (Å²) in [5.74, 6) is -0.704. The lowest BCUT2D eigenvalue weighted by Crippen LogP contribution is -2.44. The van der Waals surface area contributed by atoms with Gasteiger partial charge < -0.3 is 15.4 Å². The highest BCUT2D eigenvalue weighted by Crippen LogP contribution is 2.22. The second-order valence-corrected chi connectivity index (χ2v) is 8.04. The lowest BCUT2D eigenvalue weighted by molar-refractivity contribution is -0.163. The fourth-order valence-electron chi connectivity index (χ4n) is 3.22. The summed E-state index contributed by atoms with van der Waals surface area (Å²) < 4.78 is 5.41. The zero-order chi connectivity index (χ0) is 20.0. The van der Waals surface area contributed by atoms with Crippen molar-refractivity contribution in [1.82, 2.24) is 4.90 Å². The molecule has 0 aliphatic carbocycles. The molecule has 6 nitrogen and oxygen atoms in total. The number of hydrogen-bond donors (Lipinski definition) is 1. The summed E-state index contributed by atoms with van der Waals surface area (Å²) in [4.78, 5) is 38.7. The maximum atomic E-state index is 12.5. The Hall–Kier alpha value is -2.21. The third-order valence-corrected chi connectivity index (χ3v) is 4.55. The summed E-state index contributed by atoms with van der Waals surface area (Å²) in [7, 11) is 0. The van der Waals surface area contributed by atoms with E-state index in [4.69, 9.17) is 10.5 Å². The van der Waals surface area contributed by atoms with Crippen LogP contribution in [0.1, 0.15) is 52.0 Å². The Kier molecular flexibility index (Phi) is 7.13. The second-order valence-electron chi connectivity index (χ2n) is 8.04. The topological polar surface area (TPSA) is 89.7 Å². The number of ether oxygens (including phenoxy) is 1. The van der Waals surface area contributed by atoms with Crippen LogP contribution in [0.3, 0.4) is 0 Å². The minimum atomic E-state index is -0.625. The summed E-state index contributed by atoms with van der Waals surface area (Å²) in [6, 6.07) is 8.39. The molecule has 1 amide bonds. The molecule has 1 unspecified atom stereocenters. The molecule has 0 radical (unpaired) electrons. The van der Waals surface area contributed by atoms with E-state index >= 15 is 0 Å². The maximum Gasteiger partial charge on any atom is 0.329 e. The number of nitrogens with zero attached hydrogens (tertiary/aromatic N) is 1. The molecular formula is C21H30N2O4. The van der Waals surface area contributed by atoms with Crippen LogP contribution in [0.5, 0.6) is 0 Å². The Labute approximate surface area is 161 Å². The first-order valence-electron chi connectivity index (χ1n) is 9.52. The van der Waals surface area contributed by atoms with Crippen molar-refractivity contribution in [3.63, 3.8) is 0 Å². The van der Waals surface area contributed by atoms with Crippen molar-refractivity contribution in [1.29, 1.82) is 0 Å². The number of esters is 1. The zero-order valence-corrected chi connectivity index (χ0v) is 16.4. The zero-order valence-electron chi connectivity index (χ0n) is 16.4. The number of hydrogen-bond acceptors (Lipinski definition) is 5. The average molecular weight is 374 g/mol. The fraction of sp³-hybridized carbons (Fsp3) is 0.571. The Balaban J connectivity index is 1.85. The van der Waals surface area contributed by atoms with Gasteiger partial charge in [0.1, 0.15) is 17.4 Å². The van der Waals surface area contributed by atoms with Gasteiger partial charge in [0.25, 0.3) is 0 Å². The van der Waals surface area contributed by atoms with Gasteiger partial charge in [0.15, 0.2) is 0 Å². The van der Waals surface area contributed by atoms with Gasteiger partial charge in [0.2, 0.25) is 5.91 Å². The summed E-state index contributed by atoms with van der Waals surface area (Å²) in [5, 5.41) is 0. The van der Waals surface area contributed by atoms with Gasteiger partial charge in [-0.25, -0.2) is 4.79 Å². The molecule has 148 valence electrons. The third kappa shape index (κ3) is 6.47. The molecular weight excluding hydrogens is 344 g/mol.